The molecule has 0 saturated heterocycles. The third-order valence-corrected chi connectivity index (χ3v) is 6.07. The number of carbonyl (C=O) groups excluding carboxylic acids is 1. The number of carbonyl (C=O) groups is 1. The van der Waals surface area contributed by atoms with Crippen molar-refractivity contribution in [1.82, 2.24) is 0 Å². The molecule has 0 aromatic heterocycles. The first kappa shape index (κ1) is 37.4. The second kappa shape index (κ2) is 25.8. The van der Waals surface area contributed by atoms with E-state index in [0.717, 1.165) is 32.1 Å². The third-order valence-electron chi connectivity index (χ3n) is 5.14. The first-order chi connectivity index (χ1) is 16.3. The third kappa shape index (κ3) is 27.1. The van der Waals surface area contributed by atoms with Crippen LogP contribution in [-0.2, 0) is 23.1 Å². The van der Waals surface area contributed by atoms with E-state index < -0.39 is 45.8 Å². The van der Waals surface area contributed by atoms with Gasteiger partial charge in [-0.1, -0.05) is 70.4 Å². The summed E-state index contributed by atoms with van der Waals surface area (Å²) in [6, 6.07) is 0. The number of allylic oxidation sites excluding steroid dienone is 2. The fourth-order valence-electron chi connectivity index (χ4n) is 3.09. The standard InChI is InChI=1S/C24H47O9P.Na/c1-2-3-4-5-6-7-8-9-10-11-12-13-14-15-16-17-24(28)31-19-23(27)21-33-34(29,30)32-20-22(26)18-25;/h9-10,22-23,25-27H,2-8,11-21H2,1H3,(H,29,30);/q;+1/p-1. The zero-order chi connectivity index (χ0) is 25.5. The van der Waals surface area contributed by atoms with Crippen LogP contribution in [0.15, 0.2) is 12.2 Å². The van der Waals surface area contributed by atoms with E-state index in [-0.39, 0.29) is 42.6 Å². The van der Waals surface area contributed by atoms with Gasteiger partial charge in [-0.3, -0.25) is 9.36 Å². The minimum Gasteiger partial charge on any atom is -0.756 e. The first-order valence-corrected chi connectivity index (χ1v) is 14.1. The normalized spacial score (nSPS) is 14.9. The van der Waals surface area contributed by atoms with Gasteiger partial charge in [-0.15, -0.1) is 0 Å². The van der Waals surface area contributed by atoms with E-state index in [9.17, 15) is 19.4 Å². The Hall–Kier alpha value is 0.200. The van der Waals surface area contributed by atoms with Gasteiger partial charge in [-0.05, 0) is 32.1 Å². The SMILES string of the molecule is CCCCCCCCC=CCCCCCCCC(=O)OCC(O)COP(=O)([O-])OCC(O)CO.[Na+]. The fraction of sp³-hybridized carbons (Fsp3) is 0.875. The monoisotopic (exact) mass is 532 g/mol. The summed E-state index contributed by atoms with van der Waals surface area (Å²) < 4.78 is 25.1. The molecule has 0 amide bonds. The average molecular weight is 533 g/mol. The van der Waals surface area contributed by atoms with Gasteiger partial charge < -0.3 is 34.0 Å². The Morgan fingerprint density at radius 2 is 1.31 bits per heavy atom. The number of ether oxygens (including phenoxy) is 1. The van der Waals surface area contributed by atoms with E-state index >= 15 is 0 Å². The van der Waals surface area contributed by atoms with Crippen LogP contribution in [0.3, 0.4) is 0 Å². The second-order valence-corrected chi connectivity index (χ2v) is 9.96. The summed E-state index contributed by atoms with van der Waals surface area (Å²) in [4.78, 5) is 23.1. The van der Waals surface area contributed by atoms with Crippen molar-refractivity contribution in [2.24, 2.45) is 0 Å². The zero-order valence-corrected chi connectivity index (χ0v) is 24.7. The summed E-state index contributed by atoms with van der Waals surface area (Å²) in [5, 5.41) is 27.3. The Kier molecular flexibility index (Phi) is 27.6. The maximum atomic E-state index is 11.7. The van der Waals surface area contributed by atoms with Gasteiger partial charge in [0.2, 0.25) is 0 Å². The van der Waals surface area contributed by atoms with Crippen molar-refractivity contribution in [3.8, 4) is 0 Å². The van der Waals surface area contributed by atoms with Gasteiger partial charge in [0, 0.05) is 6.42 Å². The van der Waals surface area contributed by atoms with E-state index in [2.05, 4.69) is 28.1 Å². The largest absolute Gasteiger partial charge is 1.00 e. The molecule has 35 heavy (non-hydrogen) atoms. The molecular formula is C24H46NaO9P. The van der Waals surface area contributed by atoms with Gasteiger partial charge in [0.1, 0.15) is 18.8 Å². The minimum atomic E-state index is -4.73. The summed E-state index contributed by atoms with van der Waals surface area (Å²) in [5.41, 5.74) is 0. The molecule has 9 nitrogen and oxygen atoms in total. The number of unbranched alkanes of at least 4 members (excludes halogenated alkanes) is 11. The molecule has 3 unspecified atom stereocenters. The number of hydrogen-bond donors (Lipinski definition) is 3. The van der Waals surface area contributed by atoms with E-state index in [1.54, 1.807) is 0 Å². The molecule has 11 heteroatoms. The van der Waals surface area contributed by atoms with Crippen LogP contribution in [0.5, 0.6) is 0 Å². The quantitative estimate of drug-likeness (QED) is 0.0540. The molecule has 0 spiro atoms. The molecule has 0 aromatic carbocycles. The molecular weight excluding hydrogens is 486 g/mol. The van der Waals surface area contributed by atoms with Crippen molar-refractivity contribution in [2.75, 3.05) is 26.4 Å². The Balaban J connectivity index is 0. The van der Waals surface area contributed by atoms with Crippen molar-refractivity contribution >= 4 is 13.8 Å². The Morgan fingerprint density at radius 3 is 1.86 bits per heavy atom. The molecule has 0 saturated carbocycles. The van der Waals surface area contributed by atoms with Gasteiger partial charge in [-0.2, -0.15) is 0 Å². The molecule has 0 rings (SSSR count). The second-order valence-electron chi connectivity index (χ2n) is 8.55. The minimum absolute atomic E-state index is 0. The van der Waals surface area contributed by atoms with E-state index in [1.807, 2.05) is 0 Å². The van der Waals surface area contributed by atoms with Crippen molar-refractivity contribution in [3.05, 3.63) is 12.2 Å². The molecule has 0 radical (unpaired) electrons. The summed E-state index contributed by atoms with van der Waals surface area (Å²) in [6.45, 7) is -0.105. The smallest absolute Gasteiger partial charge is 0.756 e. The summed E-state index contributed by atoms with van der Waals surface area (Å²) >= 11 is 0. The molecule has 202 valence electrons. The van der Waals surface area contributed by atoms with Gasteiger partial charge >= 0.3 is 35.5 Å². The number of aliphatic hydroxyl groups excluding tert-OH is 3. The molecule has 0 heterocycles. The van der Waals surface area contributed by atoms with Crippen molar-refractivity contribution in [1.29, 1.82) is 0 Å². The zero-order valence-electron chi connectivity index (χ0n) is 21.8. The number of esters is 1. The van der Waals surface area contributed by atoms with E-state index in [4.69, 9.17) is 14.9 Å². The summed E-state index contributed by atoms with van der Waals surface area (Å²) in [5.74, 6) is -0.454. The van der Waals surface area contributed by atoms with E-state index in [1.165, 1.54) is 44.9 Å². The van der Waals surface area contributed by atoms with Gasteiger partial charge in [0.25, 0.3) is 7.82 Å². The molecule has 0 fully saturated rings. The van der Waals surface area contributed by atoms with Crippen LogP contribution in [0, 0.1) is 0 Å². The molecule has 3 N–H and O–H groups in total. The summed E-state index contributed by atoms with van der Waals surface area (Å²) in [7, 11) is -4.73. The number of phosphoric acid groups is 1. The number of aliphatic hydroxyl groups is 3. The van der Waals surface area contributed by atoms with Crippen LogP contribution >= 0.6 is 7.82 Å². The Labute approximate surface area is 233 Å². The van der Waals surface area contributed by atoms with Crippen LogP contribution in [0.4, 0.5) is 0 Å². The molecule has 0 aliphatic rings. The van der Waals surface area contributed by atoms with Crippen LogP contribution in [0.1, 0.15) is 96.8 Å². The number of hydrogen-bond acceptors (Lipinski definition) is 9. The molecule has 0 aliphatic carbocycles. The van der Waals surface area contributed by atoms with Gasteiger partial charge in [-0.25, -0.2) is 0 Å². The predicted octanol–water partition coefficient (Wildman–Crippen LogP) is 0.787. The van der Waals surface area contributed by atoms with Crippen LogP contribution < -0.4 is 34.5 Å². The average Bonchev–Trinajstić information content (AvgIpc) is 2.82. The van der Waals surface area contributed by atoms with Crippen LogP contribution in [0.2, 0.25) is 0 Å². The predicted molar refractivity (Wildman–Crippen MR) is 129 cm³/mol. The molecule has 0 aromatic rings. The molecule has 0 bridgehead atoms. The molecule has 0 aliphatic heterocycles. The fourth-order valence-corrected chi connectivity index (χ4v) is 3.88. The van der Waals surface area contributed by atoms with Gasteiger partial charge in [0.15, 0.2) is 0 Å². The van der Waals surface area contributed by atoms with Gasteiger partial charge in [0.05, 0.1) is 19.8 Å². The Morgan fingerprint density at radius 1 is 0.829 bits per heavy atom. The van der Waals surface area contributed by atoms with Crippen molar-refractivity contribution in [2.45, 2.75) is 109 Å². The number of phosphoric ester groups is 1. The maximum Gasteiger partial charge on any atom is 1.00 e. The van der Waals surface area contributed by atoms with Crippen molar-refractivity contribution < 1.29 is 72.9 Å². The maximum absolute atomic E-state index is 11.7. The van der Waals surface area contributed by atoms with Crippen LogP contribution in [0.25, 0.3) is 0 Å². The first-order valence-electron chi connectivity index (χ1n) is 12.7. The molecule has 3 atom stereocenters. The topological polar surface area (TPSA) is 146 Å². The summed E-state index contributed by atoms with van der Waals surface area (Å²) in [6.07, 6.45) is 17.3. The number of rotatable bonds is 24. The Bertz CT molecular complexity index is 563. The van der Waals surface area contributed by atoms with E-state index in [0.29, 0.717) is 6.42 Å². The van der Waals surface area contributed by atoms with Crippen LogP contribution in [-0.4, -0.2) is 59.9 Å². The van der Waals surface area contributed by atoms with Crippen molar-refractivity contribution in [3.63, 3.8) is 0 Å².